The van der Waals surface area contributed by atoms with E-state index in [2.05, 4.69) is 40.2 Å². The smallest absolute Gasteiger partial charge is 0.231 e. The van der Waals surface area contributed by atoms with Gasteiger partial charge in [-0.05, 0) is 12.8 Å². The largest absolute Gasteiger partial charge is 0.492 e. The van der Waals surface area contributed by atoms with Crippen molar-refractivity contribution in [1.29, 1.82) is 5.26 Å². The summed E-state index contributed by atoms with van der Waals surface area (Å²) >= 11 is 0. The number of nitriles is 1. The van der Waals surface area contributed by atoms with Gasteiger partial charge in [0.05, 0.1) is 30.1 Å². The number of aromatic hydroxyl groups is 1. The van der Waals surface area contributed by atoms with E-state index in [0.29, 0.717) is 23.4 Å². The fraction of sp³-hybridized carbons (Fsp3) is 0.562. The molecule has 0 amide bonds. The summed E-state index contributed by atoms with van der Waals surface area (Å²) in [6, 6.07) is 4.55. The topological polar surface area (TPSA) is 89.5 Å². The van der Waals surface area contributed by atoms with Crippen molar-refractivity contribution in [1.82, 2.24) is 19.9 Å². The van der Waals surface area contributed by atoms with Gasteiger partial charge in [-0.1, -0.05) is 13.8 Å². The normalized spacial score (nSPS) is 21.5. The molecule has 7 heteroatoms. The first-order chi connectivity index (χ1) is 11.2. The minimum atomic E-state index is -0.0326. The second-order valence-electron chi connectivity index (χ2n) is 5.95. The number of hydrogen-bond donors (Lipinski definition) is 2. The lowest BCUT2D eigenvalue weighted by atomic mass is 10.0. The number of fused-ring (bicyclic) bond motifs is 1. The van der Waals surface area contributed by atoms with Crippen molar-refractivity contribution in [2.24, 2.45) is 0 Å². The average Bonchev–Trinajstić information content (AvgIpc) is 2.96. The quantitative estimate of drug-likeness (QED) is 0.888. The van der Waals surface area contributed by atoms with Gasteiger partial charge < -0.3 is 15.3 Å². The summed E-state index contributed by atoms with van der Waals surface area (Å²) in [7, 11) is 0. The molecule has 1 aliphatic heterocycles. The number of hydrogen-bond acceptors (Lipinski definition) is 6. The summed E-state index contributed by atoms with van der Waals surface area (Å²) in [5.74, 6) is -0.0326. The van der Waals surface area contributed by atoms with E-state index in [1.807, 2.05) is 0 Å². The molecular weight excluding hydrogens is 292 g/mol. The molecule has 0 unspecified atom stereocenters. The van der Waals surface area contributed by atoms with Gasteiger partial charge in [-0.2, -0.15) is 5.26 Å². The zero-order valence-corrected chi connectivity index (χ0v) is 13.5. The Labute approximate surface area is 135 Å². The first-order valence-electron chi connectivity index (χ1n) is 8.11. The summed E-state index contributed by atoms with van der Waals surface area (Å²) in [5, 5.41) is 26.5. The maximum Gasteiger partial charge on any atom is 0.231 e. The predicted octanol–water partition coefficient (Wildman–Crippen LogP) is 1.47. The van der Waals surface area contributed by atoms with Crippen molar-refractivity contribution in [3.63, 3.8) is 0 Å². The van der Waals surface area contributed by atoms with Crippen molar-refractivity contribution < 1.29 is 5.11 Å². The van der Waals surface area contributed by atoms with Crippen LogP contribution in [-0.4, -0.2) is 44.9 Å². The van der Waals surface area contributed by atoms with Crippen molar-refractivity contribution >= 4 is 11.3 Å². The molecule has 23 heavy (non-hydrogen) atoms. The van der Waals surface area contributed by atoms with Crippen LogP contribution in [0.15, 0.2) is 12.3 Å². The summed E-state index contributed by atoms with van der Waals surface area (Å²) in [6.45, 7) is 6.11. The van der Waals surface area contributed by atoms with Crippen LogP contribution in [0.3, 0.4) is 0 Å². The Morgan fingerprint density at radius 3 is 2.96 bits per heavy atom. The lowest BCUT2D eigenvalue weighted by molar-refractivity contribution is 0.377. The van der Waals surface area contributed by atoms with Crippen molar-refractivity contribution in [2.45, 2.75) is 45.2 Å². The molecule has 122 valence electrons. The van der Waals surface area contributed by atoms with Crippen LogP contribution in [0.1, 0.15) is 32.4 Å². The van der Waals surface area contributed by atoms with Crippen LogP contribution in [0.5, 0.6) is 5.88 Å². The number of anilines is 1. The zero-order valence-electron chi connectivity index (χ0n) is 13.5. The molecule has 2 aromatic heterocycles. The second kappa shape index (κ2) is 6.42. The third-order valence-corrected chi connectivity index (χ3v) is 4.48. The van der Waals surface area contributed by atoms with Gasteiger partial charge in [-0.25, -0.2) is 9.50 Å². The highest BCUT2D eigenvalue weighted by atomic mass is 16.3. The van der Waals surface area contributed by atoms with E-state index in [0.717, 1.165) is 31.6 Å². The van der Waals surface area contributed by atoms with Crippen molar-refractivity contribution in [2.75, 3.05) is 18.0 Å². The molecule has 1 saturated heterocycles. The van der Waals surface area contributed by atoms with Gasteiger partial charge in [-0.15, -0.1) is 5.10 Å². The third kappa shape index (κ3) is 2.94. The highest BCUT2D eigenvalue weighted by Gasteiger charge is 2.28. The molecule has 2 aromatic rings. The van der Waals surface area contributed by atoms with E-state index < -0.39 is 0 Å². The van der Waals surface area contributed by atoms with Crippen LogP contribution >= 0.6 is 0 Å². The number of aromatic nitrogens is 3. The lowest BCUT2D eigenvalue weighted by Crippen LogP contribution is -2.56. The highest BCUT2D eigenvalue weighted by molar-refractivity contribution is 5.70. The van der Waals surface area contributed by atoms with Crippen LogP contribution in [0.4, 0.5) is 5.69 Å². The van der Waals surface area contributed by atoms with E-state index in [9.17, 15) is 5.11 Å². The maximum absolute atomic E-state index is 10.00. The first-order valence-corrected chi connectivity index (χ1v) is 8.11. The van der Waals surface area contributed by atoms with Gasteiger partial charge in [0.1, 0.15) is 0 Å². The monoisotopic (exact) mass is 314 g/mol. The van der Waals surface area contributed by atoms with Gasteiger partial charge >= 0.3 is 0 Å². The third-order valence-electron chi connectivity index (χ3n) is 4.48. The molecule has 1 fully saturated rings. The van der Waals surface area contributed by atoms with Gasteiger partial charge in [0.15, 0.2) is 5.65 Å². The Morgan fingerprint density at radius 1 is 1.43 bits per heavy atom. The molecule has 0 aliphatic carbocycles. The van der Waals surface area contributed by atoms with Gasteiger partial charge in [-0.3, -0.25) is 0 Å². The minimum absolute atomic E-state index is 0.0326. The van der Waals surface area contributed by atoms with Crippen LogP contribution in [0, 0.1) is 11.3 Å². The Bertz CT molecular complexity index is 734. The van der Waals surface area contributed by atoms with Crippen LogP contribution in [-0.2, 0) is 6.42 Å². The molecule has 0 aromatic carbocycles. The molecule has 2 atom stereocenters. The fourth-order valence-electron chi connectivity index (χ4n) is 3.17. The molecule has 7 nitrogen and oxygen atoms in total. The van der Waals surface area contributed by atoms with Crippen LogP contribution in [0.2, 0.25) is 0 Å². The lowest BCUT2D eigenvalue weighted by Gasteiger charge is -2.41. The number of rotatable bonds is 4. The van der Waals surface area contributed by atoms with Gasteiger partial charge in [0.2, 0.25) is 5.88 Å². The molecule has 0 saturated carbocycles. The Kier molecular flexibility index (Phi) is 4.35. The van der Waals surface area contributed by atoms with Crippen LogP contribution < -0.4 is 10.2 Å². The van der Waals surface area contributed by atoms with E-state index in [1.165, 1.54) is 0 Å². The molecule has 3 rings (SSSR count). The Hall–Kier alpha value is -2.33. The van der Waals surface area contributed by atoms with Crippen molar-refractivity contribution in [3.8, 4) is 11.9 Å². The number of piperazine rings is 1. The maximum atomic E-state index is 10.00. The summed E-state index contributed by atoms with van der Waals surface area (Å²) < 4.78 is 1.58. The van der Waals surface area contributed by atoms with Gasteiger partial charge in [0.25, 0.3) is 0 Å². The average molecular weight is 314 g/mol. The van der Waals surface area contributed by atoms with E-state index in [1.54, 1.807) is 16.8 Å². The molecule has 0 radical (unpaired) electrons. The first kappa shape index (κ1) is 15.6. The van der Waals surface area contributed by atoms with E-state index in [4.69, 9.17) is 5.26 Å². The predicted molar refractivity (Wildman–Crippen MR) is 87.5 cm³/mol. The summed E-state index contributed by atoms with van der Waals surface area (Å²) in [6.07, 6.45) is 4.00. The molecular formula is C16H22N6O. The van der Waals surface area contributed by atoms with E-state index in [-0.39, 0.29) is 12.3 Å². The Morgan fingerprint density at radius 2 is 2.26 bits per heavy atom. The van der Waals surface area contributed by atoms with E-state index >= 15 is 0 Å². The second-order valence-corrected chi connectivity index (χ2v) is 5.95. The Balaban J connectivity index is 2.07. The molecule has 0 spiro atoms. The number of nitrogens with zero attached hydrogens (tertiary/aromatic N) is 5. The standard InChI is InChI=1S/C16H22N6O/c1-3-11-9-21(13(4-2)8-18-11)14-7-15(23)20-22-10-12(5-6-17)19-16(14)22/h7,10-11,13,18H,3-5,8-9H2,1-2H3,(H,20,23)/t11-,13+/m1/s1. The molecule has 1 aliphatic rings. The SMILES string of the molecule is CC[C@@H]1CN(c2cc(O)nn3cc(CC#N)nc23)[C@@H](CC)CN1. The number of nitrogens with one attached hydrogen (secondary N) is 1. The summed E-state index contributed by atoms with van der Waals surface area (Å²) in [4.78, 5) is 6.85. The fourth-order valence-corrected chi connectivity index (χ4v) is 3.17. The molecule has 0 bridgehead atoms. The van der Waals surface area contributed by atoms with Crippen LogP contribution in [0.25, 0.3) is 5.65 Å². The van der Waals surface area contributed by atoms with Gasteiger partial charge in [0, 0.05) is 31.2 Å². The highest BCUT2D eigenvalue weighted by Crippen LogP contribution is 2.28. The molecule has 2 N–H and O–H groups in total. The minimum Gasteiger partial charge on any atom is -0.492 e. The van der Waals surface area contributed by atoms with Crippen molar-refractivity contribution in [3.05, 3.63) is 18.0 Å². The zero-order chi connectivity index (χ0) is 16.4. The molecule has 3 heterocycles. The number of imidazole rings is 1. The summed E-state index contributed by atoms with van der Waals surface area (Å²) in [5.41, 5.74) is 2.25.